The van der Waals surface area contributed by atoms with Crippen molar-refractivity contribution >= 4 is 44.6 Å². The van der Waals surface area contributed by atoms with Crippen molar-refractivity contribution in [3.8, 4) is 5.75 Å². The van der Waals surface area contributed by atoms with Crippen LogP contribution in [0.15, 0.2) is 42.5 Å². The summed E-state index contributed by atoms with van der Waals surface area (Å²) >= 11 is 6.16. The van der Waals surface area contributed by atoms with Crippen molar-refractivity contribution in [1.29, 1.82) is 0 Å². The van der Waals surface area contributed by atoms with Crippen molar-refractivity contribution in [2.24, 2.45) is 0 Å². The van der Waals surface area contributed by atoms with Crippen LogP contribution in [0.3, 0.4) is 0 Å². The maximum absolute atomic E-state index is 12.8. The lowest BCUT2D eigenvalue weighted by Gasteiger charge is -2.28. The van der Waals surface area contributed by atoms with Crippen LogP contribution in [-0.4, -0.2) is 46.8 Å². The van der Waals surface area contributed by atoms with E-state index in [1.165, 1.54) is 32.9 Å². The molecule has 3 rings (SSSR count). The highest BCUT2D eigenvalue weighted by Gasteiger charge is 2.29. The van der Waals surface area contributed by atoms with Crippen molar-refractivity contribution in [3.05, 3.63) is 47.5 Å². The molecule has 1 atom stereocenters. The lowest BCUT2D eigenvalue weighted by atomic mass is 10.2. The van der Waals surface area contributed by atoms with E-state index in [0.717, 1.165) is 29.3 Å². The molecule has 2 aromatic rings. The summed E-state index contributed by atoms with van der Waals surface area (Å²) in [4.78, 5) is 15.1. The number of halogens is 1. The zero-order valence-electron chi connectivity index (χ0n) is 17.3. The van der Waals surface area contributed by atoms with Crippen LogP contribution in [-0.2, 0) is 14.8 Å². The zero-order chi connectivity index (χ0) is 21.9. The van der Waals surface area contributed by atoms with E-state index in [1.54, 1.807) is 12.1 Å². The molecule has 1 aliphatic heterocycles. The van der Waals surface area contributed by atoms with Gasteiger partial charge in [-0.25, -0.2) is 8.42 Å². The van der Waals surface area contributed by atoms with Gasteiger partial charge in [0.2, 0.25) is 15.9 Å². The van der Waals surface area contributed by atoms with Crippen molar-refractivity contribution in [2.45, 2.75) is 25.8 Å². The summed E-state index contributed by atoms with van der Waals surface area (Å²) in [6.07, 6.45) is 3.43. The molecule has 0 spiro atoms. The SMILES string of the molecule is COc1ccc(N([C@H](C)C(=O)Nc2ccc(N3CCCC3)cc2)S(C)(=O)=O)cc1Cl. The van der Waals surface area contributed by atoms with Gasteiger partial charge in [-0.1, -0.05) is 11.6 Å². The van der Waals surface area contributed by atoms with Gasteiger partial charge in [0.15, 0.2) is 0 Å². The van der Waals surface area contributed by atoms with Gasteiger partial charge in [0.1, 0.15) is 11.8 Å². The number of methoxy groups -OCH3 is 1. The third-order valence-corrected chi connectivity index (χ3v) is 6.62. The molecule has 9 heteroatoms. The van der Waals surface area contributed by atoms with E-state index in [-0.39, 0.29) is 10.7 Å². The molecule has 2 aromatic carbocycles. The number of rotatable bonds is 7. The third-order valence-electron chi connectivity index (χ3n) is 5.08. The van der Waals surface area contributed by atoms with Crippen LogP contribution in [0, 0.1) is 0 Å². The number of nitrogens with one attached hydrogen (secondary N) is 1. The number of amides is 1. The number of sulfonamides is 1. The lowest BCUT2D eigenvalue weighted by molar-refractivity contribution is -0.116. The van der Waals surface area contributed by atoms with Crippen molar-refractivity contribution in [2.75, 3.05) is 41.0 Å². The first-order valence-corrected chi connectivity index (χ1v) is 11.9. The molecule has 1 aliphatic rings. The van der Waals surface area contributed by atoms with Crippen LogP contribution in [0.5, 0.6) is 5.75 Å². The Balaban J connectivity index is 1.78. The number of carbonyl (C=O) groups is 1. The number of ether oxygens (including phenoxy) is 1. The topological polar surface area (TPSA) is 79.0 Å². The Hall–Kier alpha value is -2.45. The van der Waals surface area contributed by atoms with Crippen LogP contribution in [0.4, 0.5) is 17.1 Å². The van der Waals surface area contributed by atoms with Crippen molar-refractivity contribution in [3.63, 3.8) is 0 Å². The Morgan fingerprint density at radius 3 is 2.33 bits per heavy atom. The summed E-state index contributed by atoms with van der Waals surface area (Å²) in [5.74, 6) is -0.0228. The molecule has 30 heavy (non-hydrogen) atoms. The van der Waals surface area contributed by atoms with Gasteiger partial charge in [-0.3, -0.25) is 9.10 Å². The van der Waals surface area contributed by atoms with Crippen LogP contribution in [0.2, 0.25) is 5.02 Å². The Labute approximate surface area is 182 Å². The first-order chi connectivity index (χ1) is 14.2. The van der Waals surface area contributed by atoms with Gasteiger partial charge >= 0.3 is 0 Å². The molecule has 1 saturated heterocycles. The summed E-state index contributed by atoms with van der Waals surface area (Å²) in [5, 5.41) is 3.06. The normalized spacial score (nSPS) is 15.0. The molecule has 0 unspecified atom stereocenters. The summed E-state index contributed by atoms with van der Waals surface area (Å²) in [5.41, 5.74) is 2.01. The van der Waals surface area contributed by atoms with Gasteiger partial charge in [0.05, 0.1) is 24.1 Å². The quantitative estimate of drug-likeness (QED) is 0.693. The molecule has 0 aromatic heterocycles. The fourth-order valence-electron chi connectivity index (χ4n) is 3.58. The number of nitrogens with zero attached hydrogens (tertiary/aromatic N) is 2. The summed E-state index contributed by atoms with van der Waals surface area (Å²) in [6.45, 7) is 3.61. The number of anilines is 3. The monoisotopic (exact) mass is 451 g/mol. The minimum Gasteiger partial charge on any atom is -0.495 e. The summed E-state index contributed by atoms with van der Waals surface area (Å²) < 4.78 is 31.1. The van der Waals surface area contributed by atoms with E-state index in [1.807, 2.05) is 24.3 Å². The maximum atomic E-state index is 12.8. The van der Waals surface area contributed by atoms with Gasteiger partial charge in [0.25, 0.3) is 0 Å². The van der Waals surface area contributed by atoms with Crippen molar-refractivity contribution < 1.29 is 17.9 Å². The molecule has 0 radical (unpaired) electrons. The van der Waals surface area contributed by atoms with Gasteiger partial charge in [0, 0.05) is 24.5 Å². The minimum absolute atomic E-state index is 0.258. The van der Waals surface area contributed by atoms with E-state index >= 15 is 0 Å². The summed E-state index contributed by atoms with van der Waals surface area (Å²) in [7, 11) is -2.27. The van der Waals surface area contributed by atoms with Gasteiger partial charge < -0.3 is 15.0 Å². The van der Waals surface area contributed by atoms with Crippen molar-refractivity contribution in [1.82, 2.24) is 0 Å². The maximum Gasteiger partial charge on any atom is 0.247 e. The Bertz CT molecular complexity index is 1010. The lowest BCUT2D eigenvalue weighted by Crippen LogP contribution is -2.45. The smallest absolute Gasteiger partial charge is 0.247 e. The molecule has 162 valence electrons. The number of carbonyl (C=O) groups excluding carboxylic acids is 1. The van der Waals surface area contributed by atoms with Gasteiger partial charge in [-0.15, -0.1) is 0 Å². The number of benzene rings is 2. The predicted octanol–water partition coefficient (Wildman–Crippen LogP) is 3.74. The van der Waals surface area contributed by atoms with E-state index in [9.17, 15) is 13.2 Å². The van der Waals surface area contributed by atoms with Gasteiger partial charge in [-0.2, -0.15) is 0 Å². The van der Waals surface area contributed by atoms with Crippen LogP contribution < -0.4 is 19.3 Å². The van der Waals surface area contributed by atoms with Crippen LogP contribution >= 0.6 is 11.6 Å². The zero-order valence-corrected chi connectivity index (χ0v) is 18.8. The van der Waals surface area contributed by atoms with E-state index in [4.69, 9.17) is 16.3 Å². The standard InChI is InChI=1S/C21H26ClN3O4S/c1-15(25(30(3,27)28)18-10-11-20(29-2)19(22)14-18)21(26)23-16-6-8-17(9-7-16)24-12-4-5-13-24/h6-11,14-15H,4-5,12-13H2,1-3H3,(H,23,26)/t15-/m1/s1. The highest BCUT2D eigenvalue weighted by Crippen LogP contribution is 2.31. The molecule has 0 saturated carbocycles. The van der Waals surface area contributed by atoms with Crippen LogP contribution in [0.1, 0.15) is 19.8 Å². The second-order valence-corrected chi connectivity index (χ2v) is 9.55. The molecule has 0 aliphatic carbocycles. The Morgan fingerprint density at radius 1 is 1.17 bits per heavy atom. The second kappa shape index (κ2) is 9.14. The van der Waals surface area contributed by atoms with E-state index in [0.29, 0.717) is 11.4 Å². The van der Waals surface area contributed by atoms with Gasteiger partial charge in [-0.05, 0) is 62.2 Å². The van der Waals surface area contributed by atoms with E-state index in [2.05, 4.69) is 10.2 Å². The fourth-order valence-corrected chi connectivity index (χ4v) is 5.00. The number of hydrogen-bond acceptors (Lipinski definition) is 5. The molecule has 1 N–H and O–H groups in total. The fraction of sp³-hybridized carbons (Fsp3) is 0.381. The first-order valence-electron chi connectivity index (χ1n) is 9.69. The number of hydrogen-bond donors (Lipinski definition) is 1. The largest absolute Gasteiger partial charge is 0.495 e. The molecule has 0 bridgehead atoms. The average Bonchev–Trinajstić information content (AvgIpc) is 3.22. The predicted molar refractivity (Wildman–Crippen MR) is 121 cm³/mol. The first kappa shape index (κ1) is 22.2. The average molecular weight is 452 g/mol. The van der Waals surface area contributed by atoms with E-state index < -0.39 is 22.0 Å². The van der Waals surface area contributed by atoms with Crippen LogP contribution in [0.25, 0.3) is 0 Å². The highest BCUT2D eigenvalue weighted by molar-refractivity contribution is 7.92. The second-order valence-electron chi connectivity index (χ2n) is 7.28. The molecular formula is C21H26ClN3O4S. The molecule has 7 nitrogen and oxygen atoms in total. The Morgan fingerprint density at radius 2 is 1.80 bits per heavy atom. The molecule has 1 heterocycles. The highest BCUT2D eigenvalue weighted by atomic mass is 35.5. The molecule has 1 fully saturated rings. The minimum atomic E-state index is -3.74. The Kier molecular flexibility index (Phi) is 6.77. The molecular weight excluding hydrogens is 426 g/mol. The third kappa shape index (κ3) is 4.99. The summed E-state index contributed by atoms with van der Waals surface area (Å²) in [6, 6.07) is 11.2. The molecule has 1 amide bonds.